The summed E-state index contributed by atoms with van der Waals surface area (Å²) in [6.45, 7) is 4.01. The van der Waals surface area contributed by atoms with Crippen LogP contribution in [0.1, 0.15) is 31.3 Å². The summed E-state index contributed by atoms with van der Waals surface area (Å²) < 4.78 is 0. The van der Waals surface area contributed by atoms with Crippen molar-refractivity contribution in [3.8, 4) is 0 Å². The molecule has 1 heterocycles. The lowest BCUT2D eigenvalue weighted by Crippen LogP contribution is -2.27. The molecule has 0 saturated heterocycles. The van der Waals surface area contributed by atoms with Crippen molar-refractivity contribution < 1.29 is 0 Å². The fourth-order valence-electron chi connectivity index (χ4n) is 1.09. The third-order valence-corrected chi connectivity index (χ3v) is 1.80. The van der Waals surface area contributed by atoms with Crippen LogP contribution < -0.4 is 11.3 Å². The SMILES string of the molecule is CCc1nccnc1[C@@H](C)NN. The van der Waals surface area contributed by atoms with Crippen LogP contribution in [0.25, 0.3) is 0 Å². The number of hydrogen-bond acceptors (Lipinski definition) is 4. The molecule has 0 aliphatic heterocycles. The van der Waals surface area contributed by atoms with Crippen LogP contribution in [-0.4, -0.2) is 9.97 Å². The van der Waals surface area contributed by atoms with E-state index in [0.717, 1.165) is 17.8 Å². The van der Waals surface area contributed by atoms with Gasteiger partial charge in [-0.3, -0.25) is 21.2 Å². The van der Waals surface area contributed by atoms with E-state index in [9.17, 15) is 0 Å². The van der Waals surface area contributed by atoms with Gasteiger partial charge in [-0.1, -0.05) is 6.92 Å². The number of aromatic nitrogens is 2. The maximum atomic E-state index is 5.31. The molecule has 0 saturated carbocycles. The zero-order valence-corrected chi connectivity index (χ0v) is 7.41. The van der Waals surface area contributed by atoms with Crippen molar-refractivity contribution in [2.75, 3.05) is 0 Å². The van der Waals surface area contributed by atoms with Crippen molar-refractivity contribution in [3.05, 3.63) is 23.8 Å². The molecule has 1 aromatic heterocycles. The molecule has 1 rings (SSSR count). The minimum absolute atomic E-state index is 0.0636. The molecule has 3 N–H and O–H groups in total. The van der Waals surface area contributed by atoms with Gasteiger partial charge in [0.1, 0.15) is 0 Å². The van der Waals surface area contributed by atoms with E-state index in [2.05, 4.69) is 22.3 Å². The van der Waals surface area contributed by atoms with Crippen LogP contribution in [-0.2, 0) is 6.42 Å². The van der Waals surface area contributed by atoms with Gasteiger partial charge in [-0.25, -0.2) is 0 Å². The molecule has 1 atom stereocenters. The first kappa shape index (κ1) is 9.09. The Morgan fingerprint density at radius 3 is 2.75 bits per heavy atom. The molecule has 0 bridgehead atoms. The summed E-state index contributed by atoms with van der Waals surface area (Å²) in [5.74, 6) is 5.31. The molecule has 0 aromatic carbocycles. The van der Waals surface area contributed by atoms with E-state index < -0.39 is 0 Å². The molecule has 0 aliphatic rings. The average molecular weight is 166 g/mol. The van der Waals surface area contributed by atoms with Crippen LogP contribution >= 0.6 is 0 Å². The minimum atomic E-state index is 0.0636. The highest BCUT2D eigenvalue weighted by molar-refractivity contribution is 5.13. The standard InChI is InChI=1S/C8H14N4/c1-3-7-8(6(2)12-9)11-5-4-10-7/h4-6,12H,3,9H2,1-2H3/t6-/m1/s1. The van der Waals surface area contributed by atoms with Crippen LogP contribution in [0.3, 0.4) is 0 Å². The van der Waals surface area contributed by atoms with Gasteiger partial charge in [-0.15, -0.1) is 0 Å². The van der Waals surface area contributed by atoms with Crippen molar-refractivity contribution in [1.29, 1.82) is 0 Å². The first-order chi connectivity index (χ1) is 5.79. The van der Waals surface area contributed by atoms with Crippen LogP contribution in [0.2, 0.25) is 0 Å². The second-order valence-corrected chi connectivity index (χ2v) is 2.63. The number of hydrogen-bond donors (Lipinski definition) is 2. The number of nitrogens with two attached hydrogens (primary N) is 1. The highest BCUT2D eigenvalue weighted by atomic mass is 15.2. The van der Waals surface area contributed by atoms with Crippen molar-refractivity contribution in [3.63, 3.8) is 0 Å². The van der Waals surface area contributed by atoms with Gasteiger partial charge in [0, 0.05) is 12.4 Å². The summed E-state index contributed by atoms with van der Waals surface area (Å²) in [4.78, 5) is 8.42. The predicted octanol–water partition coefficient (Wildman–Crippen LogP) is 0.563. The molecular formula is C8H14N4. The Labute approximate surface area is 72.2 Å². The Kier molecular flexibility index (Phi) is 3.13. The summed E-state index contributed by atoms with van der Waals surface area (Å²) in [6, 6.07) is 0.0636. The Hall–Kier alpha value is -1.00. The highest BCUT2D eigenvalue weighted by Gasteiger charge is 2.09. The topological polar surface area (TPSA) is 63.8 Å². The van der Waals surface area contributed by atoms with Gasteiger partial charge < -0.3 is 0 Å². The largest absolute Gasteiger partial charge is 0.271 e. The molecule has 4 heteroatoms. The molecule has 66 valence electrons. The van der Waals surface area contributed by atoms with E-state index >= 15 is 0 Å². The Morgan fingerprint density at radius 2 is 2.17 bits per heavy atom. The molecule has 4 nitrogen and oxygen atoms in total. The predicted molar refractivity (Wildman–Crippen MR) is 47.1 cm³/mol. The van der Waals surface area contributed by atoms with E-state index in [1.165, 1.54) is 0 Å². The van der Waals surface area contributed by atoms with Crippen LogP contribution in [0.15, 0.2) is 12.4 Å². The first-order valence-electron chi connectivity index (χ1n) is 4.05. The van der Waals surface area contributed by atoms with Crippen LogP contribution in [0.4, 0.5) is 0 Å². The third-order valence-electron chi connectivity index (χ3n) is 1.80. The number of rotatable bonds is 3. The molecule has 1 aromatic rings. The Bertz CT molecular complexity index is 249. The highest BCUT2D eigenvalue weighted by Crippen LogP contribution is 2.11. The monoisotopic (exact) mass is 166 g/mol. The molecule has 0 spiro atoms. The van der Waals surface area contributed by atoms with E-state index in [-0.39, 0.29) is 6.04 Å². The molecule has 0 fully saturated rings. The zero-order chi connectivity index (χ0) is 8.97. The third kappa shape index (κ3) is 1.78. The average Bonchev–Trinajstić information content (AvgIpc) is 2.16. The minimum Gasteiger partial charge on any atom is -0.271 e. The lowest BCUT2D eigenvalue weighted by atomic mass is 10.1. The number of aryl methyl sites for hydroxylation is 1. The normalized spacial score (nSPS) is 12.9. The number of hydrazine groups is 1. The smallest absolute Gasteiger partial charge is 0.0798 e. The van der Waals surface area contributed by atoms with Crippen molar-refractivity contribution >= 4 is 0 Å². The quantitative estimate of drug-likeness (QED) is 0.509. The Morgan fingerprint density at radius 1 is 1.50 bits per heavy atom. The van der Waals surface area contributed by atoms with Gasteiger partial charge >= 0.3 is 0 Å². The molecule has 12 heavy (non-hydrogen) atoms. The lowest BCUT2D eigenvalue weighted by Gasteiger charge is -2.11. The molecule has 0 aliphatic carbocycles. The molecule has 0 amide bonds. The van der Waals surface area contributed by atoms with Crippen LogP contribution in [0.5, 0.6) is 0 Å². The maximum Gasteiger partial charge on any atom is 0.0798 e. The summed E-state index contributed by atoms with van der Waals surface area (Å²) in [6.07, 6.45) is 4.27. The van der Waals surface area contributed by atoms with Gasteiger partial charge in [0.15, 0.2) is 0 Å². The zero-order valence-electron chi connectivity index (χ0n) is 7.41. The van der Waals surface area contributed by atoms with E-state index in [1.807, 2.05) is 6.92 Å². The first-order valence-corrected chi connectivity index (χ1v) is 4.05. The van der Waals surface area contributed by atoms with Crippen molar-refractivity contribution in [2.45, 2.75) is 26.3 Å². The van der Waals surface area contributed by atoms with Crippen molar-refractivity contribution in [2.24, 2.45) is 5.84 Å². The summed E-state index contributed by atoms with van der Waals surface area (Å²) >= 11 is 0. The second-order valence-electron chi connectivity index (χ2n) is 2.63. The van der Waals surface area contributed by atoms with Gasteiger partial charge in [0.05, 0.1) is 17.4 Å². The number of nitrogens with zero attached hydrogens (tertiary/aromatic N) is 2. The van der Waals surface area contributed by atoms with E-state index in [1.54, 1.807) is 12.4 Å². The maximum absolute atomic E-state index is 5.31. The van der Waals surface area contributed by atoms with E-state index in [4.69, 9.17) is 5.84 Å². The van der Waals surface area contributed by atoms with E-state index in [0.29, 0.717) is 0 Å². The Balaban J connectivity index is 2.96. The molecule has 0 unspecified atom stereocenters. The summed E-state index contributed by atoms with van der Waals surface area (Å²) in [5.41, 5.74) is 4.59. The number of nitrogens with one attached hydrogen (secondary N) is 1. The molecule has 0 radical (unpaired) electrons. The van der Waals surface area contributed by atoms with Gasteiger partial charge in [0.25, 0.3) is 0 Å². The summed E-state index contributed by atoms with van der Waals surface area (Å²) in [5, 5.41) is 0. The summed E-state index contributed by atoms with van der Waals surface area (Å²) in [7, 11) is 0. The van der Waals surface area contributed by atoms with Crippen molar-refractivity contribution in [1.82, 2.24) is 15.4 Å². The fraction of sp³-hybridized carbons (Fsp3) is 0.500. The van der Waals surface area contributed by atoms with Gasteiger partial charge in [-0.05, 0) is 13.3 Å². The van der Waals surface area contributed by atoms with Crippen LogP contribution in [0, 0.1) is 0 Å². The second kappa shape index (κ2) is 4.13. The molecular weight excluding hydrogens is 152 g/mol. The van der Waals surface area contributed by atoms with Gasteiger partial charge in [-0.2, -0.15) is 0 Å². The fourth-order valence-corrected chi connectivity index (χ4v) is 1.09. The van der Waals surface area contributed by atoms with Gasteiger partial charge in [0.2, 0.25) is 0 Å². The lowest BCUT2D eigenvalue weighted by molar-refractivity contribution is 0.576.